The lowest BCUT2D eigenvalue weighted by molar-refractivity contribution is -0.153. The third kappa shape index (κ3) is 4.53. The van der Waals surface area contributed by atoms with Gasteiger partial charge in [-0.25, -0.2) is 0 Å². The summed E-state index contributed by atoms with van der Waals surface area (Å²) in [6, 6.07) is 7.32. The van der Waals surface area contributed by atoms with Gasteiger partial charge in [-0.2, -0.15) is 0 Å². The van der Waals surface area contributed by atoms with Crippen molar-refractivity contribution in [3.8, 4) is 0 Å². The number of hydrogen-bond acceptors (Lipinski definition) is 5. The number of aromatic nitrogens is 1. The molecule has 1 aromatic heterocycles. The van der Waals surface area contributed by atoms with Crippen molar-refractivity contribution >= 4 is 28.9 Å². The van der Waals surface area contributed by atoms with Crippen molar-refractivity contribution in [2.45, 2.75) is 33.4 Å². The highest BCUT2D eigenvalue weighted by molar-refractivity contribution is 7.07. The van der Waals surface area contributed by atoms with E-state index in [1.165, 1.54) is 11.5 Å². The molecular weight excluding hydrogens is 316 g/mol. The average Bonchev–Trinajstić information content (AvgIpc) is 2.79. The minimum Gasteiger partial charge on any atom is -0.451 e. The molecule has 7 heteroatoms. The van der Waals surface area contributed by atoms with E-state index in [0.29, 0.717) is 11.4 Å². The van der Waals surface area contributed by atoms with Crippen LogP contribution in [0.4, 0.5) is 5.69 Å². The highest BCUT2D eigenvalue weighted by Crippen LogP contribution is 2.10. The van der Waals surface area contributed by atoms with E-state index < -0.39 is 18.0 Å². The van der Waals surface area contributed by atoms with Gasteiger partial charge < -0.3 is 10.1 Å². The number of anilines is 1. The number of nitrogens with one attached hydrogen (secondary N) is 1. The average molecular weight is 334 g/mol. The van der Waals surface area contributed by atoms with Gasteiger partial charge in [-0.3, -0.25) is 19.0 Å². The second-order valence-corrected chi connectivity index (χ2v) is 6.04. The molecule has 0 aliphatic rings. The summed E-state index contributed by atoms with van der Waals surface area (Å²) in [7, 11) is 0. The molecule has 0 aliphatic carbocycles. The molecule has 2 aromatic rings. The second-order valence-electron chi connectivity index (χ2n) is 5.22. The van der Waals surface area contributed by atoms with Crippen LogP contribution < -0.4 is 10.2 Å². The third-order valence-electron chi connectivity index (χ3n) is 3.23. The lowest BCUT2D eigenvalue weighted by Gasteiger charge is -2.14. The lowest BCUT2D eigenvalue weighted by Crippen LogP contribution is -2.32. The zero-order chi connectivity index (χ0) is 17.0. The summed E-state index contributed by atoms with van der Waals surface area (Å²) in [5.41, 5.74) is 2.34. The first kappa shape index (κ1) is 17.0. The molecular formula is C16H18N2O4S. The number of nitrogens with zero attached hydrogens (tertiary/aromatic N) is 1. The quantitative estimate of drug-likeness (QED) is 0.850. The Bertz CT molecular complexity index is 778. The molecule has 1 heterocycles. The third-order valence-corrected chi connectivity index (χ3v) is 4.11. The van der Waals surface area contributed by atoms with Gasteiger partial charge in [0.2, 0.25) is 0 Å². The molecule has 0 fully saturated rings. The Balaban J connectivity index is 1.93. The molecule has 1 atom stereocenters. The number of benzene rings is 1. The molecule has 2 rings (SSSR count). The van der Waals surface area contributed by atoms with Gasteiger partial charge >= 0.3 is 10.8 Å². The van der Waals surface area contributed by atoms with Crippen LogP contribution in [0.5, 0.6) is 0 Å². The van der Waals surface area contributed by atoms with Gasteiger partial charge in [0.25, 0.3) is 5.91 Å². The number of carbonyl (C=O) groups excluding carboxylic acids is 2. The number of carbonyl (C=O) groups is 2. The van der Waals surface area contributed by atoms with Crippen LogP contribution in [0.15, 0.2) is 34.4 Å². The zero-order valence-electron chi connectivity index (χ0n) is 13.2. The monoisotopic (exact) mass is 334 g/mol. The predicted octanol–water partition coefficient (Wildman–Crippen LogP) is 2.10. The number of aryl methyl sites for hydroxylation is 2. The van der Waals surface area contributed by atoms with Crippen molar-refractivity contribution in [1.29, 1.82) is 0 Å². The van der Waals surface area contributed by atoms with E-state index in [4.69, 9.17) is 4.74 Å². The summed E-state index contributed by atoms with van der Waals surface area (Å²) >= 11 is 1.02. The van der Waals surface area contributed by atoms with Gasteiger partial charge in [0.15, 0.2) is 6.10 Å². The van der Waals surface area contributed by atoms with E-state index in [1.807, 2.05) is 25.1 Å². The topological polar surface area (TPSA) is 77.4 Å². The fourth-order valence-corrected chi connectivity index (χ4v) is 2.71. The highest BCUT2D eigenvalue weighted by Gasteiger charge is 2.19. The lowest BCUT2D eigenvalue weighted by atomic mass is 10.2. The van der Waals surface area contributed by atoms with Crippen molar-refractivity contribution in [2.75, 3.05) is 5.32 Å². The molecule has 1 amide bonds. The van der Waals surface area contributed by atoms with Crippen LogP contribution in [0.25, 0.3) is 0 Å². The number of hydrogen-bond donors (Lipinski definition) is 1. The summed E-state index contributed by atoms with van der Waals surface area (Å²) in [5, 5.41) is 4.36. The Hall–Kier alpha value is -2.41. The summed E-state index contributed by atoms with van der Waals surface area (Å²) < 4.78 is 6.41. The number of esters is 1. The summed E-state index contributed by atoms with van der Waals surface area (Å²) in [5.74, 6) is -1.04. The van der Waals surface area contributed by atoms with Gasteiger partial charge in [-0.1, -0.05) is 23.5 Å². The van der Waals surface area contributed by atoms with Crippen molar-refractivity contribution < 1.29 is 14.3 Å². The minimum atomic E-state index is -0.947. The predicted molar refractivity (Wildman–Crippen MR) is 88.7 cm³/mol. The molecule has 23 heavy (non-hydrogen) atoms. The molecule has 0 bridgehead atoms. The second kappa shape index (κ2) is 7.23. The van der Waals surface area contributed by atoms with Gasteiger partial charge in [0.1, 0.15) is 6.54 Å². The van der Waals surface area contributed by atoms with E-state index in [1.54, 1.807) is 18.4 Å². The van der Waals surface area contributed by atoms with Crippen LogP contribution in [0.1, 0.15) is 18.2 Å². The maximum atomic E-state index is 12.0. The summed E-state index contributed by atoms with van der Waals surface area (Å²) in [6.07, 6.45) is -0.947. The number of rotatable bonds is 5. The molecule has 0 saturated carbocycles. The molecule has 0 radical (unpaired) electrons. The molecule has 0 aliphatic heterocycles. The number of amides is 1. The zero-order valence-corrected chi connectivity index (χ0v) is 14.0. The SMILES string of the molecule is Cc1cccc(NC(=O)C(C)OC(=O)Cn2c(C)csc2=O)c1. The van der Waals surface area contributed by atoms with Crippen molar-refractivity contribution in [3.05, 3.63) is 50.6 Å². The van der Waals surface area contributed by atoms with Crippen LogP contribution in [-0.4, -0.2) is 22.5 Å². The molecule has 1 N–H and O–H groups in total. The van der Waals surface area contributed by atoms with Crippen molar-refractivity contribution in [2.24, 2.45) is 0 Å². The first-order chi connectivity index (χ1) is 10.9. The molecule has 6 nitrogen and oxygen atoms in total. The Kier molecular flexibility index (Phi) is 5.33. The van der Waals surface area contributed by atoms with Crippen molar-refractivity contribution in [3.63, 3.8) is 0 Å². The van der Waals surface area contributed by atoms with Crippen LogP contribution in [0.3, 0.4) is 0 Å². The highest BCUT2D eigenvalue weighted by atomic mass is 32.1. The fourth-order valence-electron chi connectivity index (χ4n) is 1.98. The van der Waals surface area contributed by atoms with E-state index in [2.05, 4.69) is 5.32 Å². The van der Waals surface area contributed by atoms with Gasteiger partial charge in [-0.15, -0.1) is 0 Å². The Labute approximate surface area is 137 Å². The van der Waals surface area contributed by atoms with E-state index >= 15 is 0 Å². The van der Waals surface area contributed by atoms with Crippen LogP contribution in [-0.2, 0) is 20.9 Å². The number of ether oxygens (including phenoxy) is 1. The van der Waals surface area contributed by atoms with E-state index in [9.17, 15) is 14.4 Å². The van der Waals surface area contributed by atoms with E-state index in [-0.39, 0.29) is 11.4 Å². The largest absolute Gasteiger partial charge is 0.451 e. The van der Waals surface area contributed by atoms with Crippen LogP contribution >= 0.6 is 11.3 Å². The summed E-state index contributed by atoms with van der Waals surface area (Å²) in [6.45, 7) is 4.95. The van der Waals surface area contributed by atoms with Crippen LogP contribution in [0.2, 0.25) is 0 Å². The van der Waals surface area contributed by atoms with E-state index in [0.717, 1.165) is 16.9 Å². The normalized spacial score (nSPS) is 11.8. The minimum absolute atomic E-state index is 0.198. The van der Waals surface area contributed by atoms with Gasteiger partial charge in [-0.05, 0) is 38.5 Å². The van der Waals surface area contributed by atoms with Gasteiger partial charge in [0.05, 0.1) is 0 Å². The standard InChI is InChI=1S/C16H18N2O4S/c1-10-5-4-6-13(7-10)17-15(20)12(3)22-14(19)8-18-11(2)9-23-16(18)21/h4-7,9,12H,8H2,1-3H3,(H,17,20). The maximum Gasteiger partial charge on any atom is 0.326 e. The maximum absolute atomic E-state index is 12.0. The summed E-state index contributed by atoms with van der Waals surface area (Å²) in [4.78, 5) is 35.3. The van der Waals surface area contributed by atoms with Crippen LogP contribution in [0, 0.1) is 13.8 Å². The Morgan fingerprint density at radius 3 is 2.70 bits per heavy atom. The Morgan fingerprint density at radius 2 is 2.09 bits per heavy atom. The molecule has 0 spiro atoms. The fraction of sp³-hybridized carbons (Fsp3) is 0.312. The Morgan fingerprint density at radius 1 is 1.35 bits per heavy atom. The number of thiazole rings is 1. The molecule has 1 unspecified atom stereocenters. The first-order valence-electron chi connectivity index (χ1n) is 7.09. The smallest absolute Gasteiger partial charge is 0.326 e. The van der Waals surface area contributed by atoms with Crippen molar-refractivity contribution in [1.82, 2.24) is 4.57 Å². The molecule has 0 saturated heterocycles. The first-order valence-corrected chi connectivity index (χ1v) is 7.96. The molecule has 1 aromatic carbocycles. The molecule has 122 valence electrons. The van der Waals surface area contributed by atoms with Gasteiger partial charge in [0, 0.05) is 16.8 Å².